The highest BCUT2D eigenvalue weighted by Crippen LogP contribution is 2.43. The van der Waals surface area contributed by atoms with Gasteiger partial charge in [0.25, 0.3) is 0 Å². The number of hydrogen-bond acceptors (Lipinski definition) is 3. The molecule has 0 saturated carbocycles. The highest BCUT2D eigenvalue weighted by molar-refractivity contribution is 6.28. The maximum Gasteiger partial charge on any atom is 0.344 e. The lowest BCUT2D eigenvalue weighted by Gasteiger charge is -2.13. The number of methoxy groups -OCH3 is 1. The van der Waals surface area contributed by atoms with Crippen LogP contribution in [0, 0.1) is 0 Å². The smallest absolute Gasteiger partial charge is 0.344 e. The fourth-order valence-corrected chi connectivity index (χ4v) is 2.30. The van der Waals surface area contributed by atoms with Gasteiger partial charge in [-0.2, -0.15) is 0 Å². The van der Waals surface area contributed by atoms with Gasteiger partial charge in [0.1, 0.15) is 0 Å². The van der Waals surface area contributed by atoms with E-state index in [0.717, 1.165) is 16.8 Å². The van der Waals surface area contributed by atoms with Crippen molar-refractivity contribution in [3.8, 4) is 0 Å². The van der Waals surface area contributed by atoms with Crippen LogP contribution in [0.2, 0.25) is 0 Å². The summed E-state index contributed by atoms with van der Waals surface area (Å²) in [5.74, 6) is -0.336. The van der Waals surface area contributed by atoms with Crippen LogP contribution in [-0.4, -0.2) is 18.8 Å². The number of benzene rings is 2. The predicted octanol–water partition coefficient (Wildman–Crippen LogP) is 2.56. The number of aliphatic imine (C=N–C) groups is 1. The van der Waals surface area contributed by atoms with Crippen LogP contribution >= 0.6 is 0 Å². The van der Waals surface area contributed by atoms with E-state index in [4.69, 9.17) is 4.74 Å². The molecule has 0 fully saturated rings. The van der Waals surface area contributed by atoms with Gasteiger partial charge in [0.15, 0.2) is 0 Å². The van der Waals surface area contributed by atoms with Crippen LogP contribution in [0.1, 0.15) is 11.1 Å². The first-order valence-corrected chi connectivity index (χ1v) is 6.09. The van der Waals surface area contributed by atoms with E-state index in [2.05, 4.69) is 4.99 Å². The molecular weight excluding hydrogens is 238 g/mol. The number of ether oxygens (including phenoxy) is 1. The number of esters is 1. The predicted molar refractivity (Wildman–Crippen MR) is 73.1 cm³/mol. The van der Waals surface area contributed by atoms with Gasteiger partial charge in [-0.05, 0) is 11.1 Å². The summed E-state index contributed by atoms with van der Waals surface area (Å²) >= 11 is 0. The van der Waals surface area contributed by atoms with E-state index in [-0.39, 0.29) is 5.97 Å². The van der Waals surface area contributed by atoms with E-state index in [1.165, 1.54) is 7.11 Å². The second kappa shape index (κ2) is 4.35. The Labute approximate surface area is 111 Å². The van der Waals surface area contributed by atoms with Gasteiger partial charge in [0.05, 0.1) is 12.8 Å². The Kier molecular flexibility index (Phi) is 2.67. The Balaban J connectivity index is 2.03. The van der Waals surface area contributed by atoms with Crippen LogP contribution in [0.5, 0.6) is 0 Å². The summed E-state index contributed by atoms with van der Waals surface area (Å²) in [6, 6.07) is 19.2. The average Bonchev–Trinajstić information content (AvgIpc) is 3.25. The minimum atomic E-state index is -0.947. The van der Waals surface area contributed by atoms with Crippen LogP contribution in [0.4, 0.5) is 0 Å². The fourth-order valence-electron chi connectivity index (χ4n) is 2.30. The van der Waals surface area contributed by atoms with Gasteiger partial charge in [-0.1, -0.05) is 60.7 Å². The average molecular weight is 251 g/mol. The minimum Gasteiger partial charge on any atom is -0.467 e. The van der Waals surface area contributed by atoms with Crippen molar-refractivity contribution in [2.45, 2.75) is 5.54 Å². The van der Waals surface area contributed by atoms with Gasteiger partial charge in [0, 0.05) is 0 Å². The first-order chi connectivity index (χ1) is 9.29. The molecule has 0 bridgehead atoms. The fraction of sp³-hybridized carbons (Fsp3) is 0.125. The van der Waals surface area contributed by atoms with Crippen molar-refractivity contribution in [1.82, 2.24) is 0 Å². The van der Waals surface area contributed by atoms with Crippen molar-refractivity contribution in [2.75, 3.05) is 7.11 Å². The molecule has 3 heteroatoms. The van der Waals surface area contributed by atoms with Crippen molar-refractivity contribution >= 4 is 11.7 Å². The van der Waals surface area contributed by atoms with E-state index in [9.17, 15) is 4.79 Å². The molecule has 1 heterocycles. The summed E-state index contributed by atoms with van der Waals surface area (Å²) in [6.45, 7) is 0. The number of rotatable bonds is 3. The molecule has 2 aromatic carbocycles. The monoisotopic (exact) mass is 251 g/mol. The SMILES string of the molecule is COC(=O)C1(c2ccccc2)N=C1c1ccccc1. The molecule has 19 heavy (non-hydrogen) atoms. The van der Waals surface area contributed by atoms with Gasteiger partial charge >= 0.3 is 5.97 Å². The van der Waals surface area contributed by atoms with E-state index in [1.54, 1.807) is 0 Å². The van der Waals surface area contributed by atoms with Gasteiger partial charge in [-0.15, -0.1) is 0 Å². The molecule has 1 aliphatic heterocycles. The molecule has 0 aromatic heterocycles. The molecule has 94 valence electrons. The third-order valence-corrected chi connectivity index (χ3v) is 3.29. The molecule has 1 aliphatic rings. The van der Waals surface area contributed by atoms with E-state index >= 15 is 0 Å². The Morgan fingerprint density at radius 1 is 1.00 bits per heavy atom. The van der Waals surface area contributed by atoms with Crippen LogP contribution < -0.4 is 0 Å². The molecule has 0 spiro atoms. The normalized spacial score (nSPS) is 20.6. The summed E-state index contributed by atoms with van der Waals surface area (Å²) < 4.78 is 4.93. The topological polar surface area (TPSA) is 38.7 Å². The zero-order valence-corrected chi connectivity index (χ0v) is 10.5. The van der Waals surface area contributed by atoms with Crippen LogP contribution in [0.25, 0.3) is 0 Å². The Hall–Kier alpha value is -2.42. The number of nitrogens with zero attached hydrogens (tertiary/aromatic N) is 1. The molecule has 1 unspecified atom stereocenters. The maximum absolute atomic E-state index is 12.1. The molecule has 1 atom stereocenters. The second-order valence-corrected chi connectivity index (χ2v) is 4.39. The lowest BCUT2D eigenvalue weighted by atomic mass is 9.90. The van der Waals surface area contributed by atoms with Crippen LogP contribution in [-0.2, 0) is 15.1 Å². The van der Waals surface area contributed by atoms with Crippen LogP contribution in [0.15, 0.2) is 65.7 Å². The molecule has 0 saturated heterocycles. The van der Waals surface area contributed by atoms with E-state index < -0.39 is 5.54 Å². The standard InChI is InChI=1S/C16H13NO2/c1-19-15(18)16(13-10-6-3-7-11-13)14(17-16)12-8-4-2-5-9-12/h2-11H,1H3. The van der Waals surface area contributed by atoms with Gasteiger partial charge in [-0.25, -0.2) is 4.79 Å². The number of carbonyl (C=O) groups is 1. The molecule has 2 aromatic rings. The Morgan fingerprint density at radius 2 is 1.58 bits per heavy atom. The maximum atomic E-state index is 12.1. The summed E-state index contributed by atoms with van der Waals surface area (Å²) in [4.78, 5) is 16.6. The van der Waals surface area contributed by atoms with Gasteiger partial charge in [0.2, 0.25) is 5.54 Å². The first-order valence-electron chi connectivity index (χ1n) is 6.09. The lowest BCUT2D eigenvalue weighted by molar-refractivity contribution is -0.143. The van der Waals surface area contributed by atoms with Crippen molar-refractivity contribution in [3.63, 3.8) is 0 Å². The second-order valence-electron chi connectivity index (χ2n) is 4.39. The third-order valence-electron chi connectivity index (χ3n) is 3.29. The zero-order chi connectivity index (χ0) is 13.3. The van der Waals surface area contributed by atoms with Gasteiger partial charge < -0.3 is 4.74 Å². The van der Waals surface area contributed by atoms with E-state index in [1.807, 2.05) is 60.7 Å². The quantitative estimate of drug-likeness (QED) is 0.786. The summed E-state index contributed by atoms with van der Waals surface area (Å²) in [7, 11) is 1.39. The van der Waals surface area contributed by atoms with Crippen molar-refractivity contribution in [3.05, 3.63) is 71.8 Å². The molecular formula is C16H13NO2. The number of hydrogen-bond donors (Lipinski definition) is 0. The van der Waals surface area contributed by atoms with Crippen LogP contribution in [0.3, 0.4) is 0 Å². The summed E-state index contributed by atoms with van der Waals surface area (Å²) in [5.41, 5.74) is 1.63. The number of carbonyl (C=O) groups excluding carboxylic acids is 1. The van der Waals surface area contributed by atoms with Gasteiger partial charge in [-0.3, -0.25) is 4.99 Å². The molecule has 0 N–H and O–H groups in total. The summed E-state index contributed by atoms with van der Waals surface area (Å²) in [6.07, 6.45) is 0. The first kappa shape index (κ1) is 11.7. The lowest BCUT2D eigenvalue weighted by Crippen LogP contribution is -2.29. The summed E-state index contributed by atoms with van der Waals surface area (Å²) in [5, 5.41) is 0. The molecule has 3 rings (SSSR count). The molecule has 3 nitrogen and oxygen atoms in total. The minimum absolute atomic E-state index is 0.336. The highest BCUT2D eigenvalue weighted by Gasteiger charge is 2.57. The van der Waals surface area contributed by atoms with Crippen molar-refractivity contribution in [1.29, 1.82) is 0 Å². The van der Waals surface area contributed by atoms with E-state index in [0.29, 0.717) is 0 Å². The van der Waals surface area contributed by atoms with Crippen molar-refractivity contribution in [2.24, 2.45) is 4.99 Å². The third kappa shape index (κ3) is 1.74. The highest BCUT2D eigenvalue weighted by atomic mass is 16.5. The largest absolute Gasteiger partial charge is 0.467 e. The molecule has 0 amide bonds. The Morgan fingerprint density at radius 3 is 2.16 bits per heavy atom. The molecule has 0 aliphatic carbocycles. The Bertz CT molecular complexity index is 634. The molecule has 0 radical (unpaired) electrons. The zero-order valence-electron chi connectivity index (χ0n) is 10.5. The van der Waals surface area contributed by atoms with Crippen molar-refractivity contribution < 1.29 is 9.53 Å².